The molecule has 148 valence electrons. The second kappa shape index (κ2) is 7.78. The van der Waals surface area contributed by atoms with Crippen molar-refractivity contribution in [1.82, 2.24) is 10.4 Å². The first kappa shape index (κ1) is 18.7. The van der Waals surface area contributed by atoms with Crippen LogP contribution in [0.25, 0.3) is 0 Å². The van der Waals surface area contributed by atoms with Crippen LogP contribution in [0.15, 0.2) is 42.6 Å². The number of piperidine rings is 1. The zero-order valence-corrected chi connectivity index (χ0v) is 16.2. The van der Waals surface area contributed by atoms with Gasteiger partial charge in [-0.15, -0.1) is 0 Å². The number of halogens is 1. The molecule has 28 heavy (non-hydrogen) atoms. The summed E-state index contributed by atoms with van der Waals surface area (Å²) in [6.45, 7) is 3.26. The normalized spacial score (nSPS) is 18.6. The van der Waals surface area contributed by atoms with Gasteiger partial charge in [0.25, 0.3) is 0 Å². The van der Waals surface area contributed by atoms with E-state index in [1.54, 1.807) is 6.20 Å². The highest BCUT2D eigenvalue weighted by Gasteiger charge is 2.36. The van der Waals surface area contributed by atoms with Crippen LogP contribution in [0.5, 0.6) is 0 Å². The number of rotatable bonds is 6. The van der Waals surface area contributed by atoms with Gasteiger partial charge in [0.15, 0.2) is 0 Å². The van der Waals surface area contributed by atoms with Crippen molar-refractivity contribution in [1.29, 1.82) is 0 Å². The molecule has 1 aliphatic heterocycles. The number of carbonyl (C=O) groups is 1. The molecule has 1 aromatic carbocycles. The highest BCUT2D eigenvalue weighted by atomic mass is 19.1. The molecule has 2 fully saturated rings. The highest BCUT2D eigenvalue weighted by molar-refractivity contribution is 5.78. The second-order valence-corrected chi connectivity index (χ2v) is 7.94. The van der Waals surface area contributed by atoms with E-state index in [1.807, 2.05) is 43.3 Å². The third-order valence-corrected chi connectivity index (χ3v) is 5.85. The van der Waals surface area contributed by atoms with Crippen LogP contribution in [0.1, 0.15) is 43.2 Å². The summed E-state index contributed by atoms with van der Waals surface area (Å²) < 4.78 is 15.4. The fourth-order valence-electron chi connectivity index (χ4n) is 3.89. The molecule has 2 heterocycles. The Morgan fingerprint density at radius 3 is 2.61 bits per heavy atom. The predicted molar refractivity (Wildman–Crippen MR) is 109 cm³/mol. The van der Waals surface area contributed by atoms with Crippen LogP contribution in [0.3, 0.4) is 0 Å². The van der Waals surface area contributed by atoms with E-state index in [9.17, 15) is 4.79 Å². The van der Waals surface area contributed by atoms with E-state index in [2.05, 4.69) is 20.7 Å². The smallest absolute Gasteiger partial charge is 0.238 e. The third-order valence-electron chi connectivity index (χ3n) is 5.85. The lowest BCUT2D eigenvalue weighted by Crippen LogP contribution is -2.40. The second-order valence-electron chi connectivity index (χ2n) is 7.94. The average Bonchev–Trinajstić information content (AvgIpc) is 3.53. The van der Waals surface area contributed by atoms with Gasteiger partial charge in [0.05, 0.1) is 0 Å². The molecular formula is C22H27FN4O. The van der Waals surface area contributed by atoms with Crippen molar-refractivity contribution < 1.29 is 9.18 Å². The summed E-state index contributed by atoms with van der Waals surface area (Å²) in [5.74, 6) is 1.18. The monoisotopic (exact) mass is 382 g/mol. The van der Waals surface area contributed by atoms with Gasteiger partial charge in [-0.25, -0.2) is 9.37 Å². The molecule has 0 atom stereocenters. The maximum atomic E-state index is 15.4. The van der Waals surface area contributed by atoms with E-state index >= 15 is 4.39 Å². The van der Waals surface area contributed by atoms with Gasteiger partial charge in [-0.1, -0.05) is 30.3 Å². The van der Waals surface area contributed by atoms with Crippen LogP contribution < -0.4 is 15.8 Å². The number of pyridine rings is 1. The van der Waals surface area contributed by atoms with Crippen LogP contribution in [0.2, 0.25) is 0 Å². The molecule has 0 unspecified atom stereocenters. The topological polar surface area (TPSA) is 57.3 Å². The minimum atomic E-state index is -1.27. The SMILES string of the molecule is Cc1c(N2CCC(F)(c3ccccc3)CC2)ccnc1NNC(=O)CC1CC1. The van der Waals surface area contributed by atoms with Crippen molar-refractivity contribution in [3.8, 4) is 0 Å². The summed E-state index contributed by atoms with van der Waals surface area (Å²) in [5, 5.41) is 0. The Bertz CT molecular complexity index is 830. The molecule has 2 N–H and O–H groups in total. The maximum Gasteiger partial charge on any atom is 0.238 e. The van der Waals surface area contributed by atoms with Crippen LogP contribution in [0.4, 0.5) is 15.9 Å². The van der Waals surface area contributed by atoms with Gasteiger partial charge >= 0.3 is 0 Å². The van der Waals surface area contributed by atoms with E-state index < -0.39 is 5.67 Å². The van der Waals surface area contributed by atoms with Gasteiger partial charge in [0, 0.05) is 49.8 Å². The summed E-state index contributed by atoms with van der Waals surface area (Å²) in [6.07, 6.45) is 5.50. The number of hydrazine groups is 1. The first-order valence-electron chi connectivity index (χ1n) is 10.0. The molecule has 5 nitrogen and oxygen atoms in total. The number of hydrogen-bond acceptors (Lipinski definition) is 4. The number of benzene rings is 1. The molecule has 0 spiro atoms. The van der Waals surface area contributed by atoms with E-state index in [-0.39, 0.29) is 5.91 Å². The highest BCUT2D eigenvalue weighted by Crippen LogP contribution is 2.39. The molecule has 1 aromatic heterocycles. The summed E-state index contributed by atoms with van der Waals surface area (Å²) in [7, 11) is 0. The molecule has 2 aliphatic rings. The quantitative estimate of drug-likeness (QED) is 0.739. The molecule has 0 bridgehead atoms. The number of nitrogens with one attached hydrogen (secondary N) is 2. The first-order chi connectivity index (χ1) is 13.5. The molecule has 1 aliphatic carbocycles. The Hall–Kier alpha value is -2.63. The zero-order chi connectivity index (χ0) is 19.6. The minimum Gasteiger partial charge on any atom is -0.371 e. The van der Waals surface area contributed by atoms with E-state index in [1.165, 1.54) is 0 Å². The van der Waals surface area contributed by atoms with Crippen LogP contribution in [0, 0.1) is 12.8 Å². The van der Waals surface area contributed by atoms with E-state index in [4.69, 9.17) is 0 Å². The zero-order valence-electron chi connectivity index (χ0n) is 16.2. The van der Waals surface area contributed by atoms with Gasteiger partial charge in [-0.3, -0.25) is 15.6 Å². The van der Waals surface area contributed by atoms with Crippen molar-refractivity contribution in [2.75, 3.05) is 23.4 Å². The Kier molecular flexibility index (Phi) is 5.20. The summed E-state index contributed by atoms with van der Waals surface area (Å²) in [6, 6.07) is 11.4. The van der Waals surface area contributed by atoms with Gasteiger partial charge in [0.1, 0.15) is 11.5 Å². The number of carbonyl (C=O) groups excluding carboxylic acids is 1. The first-order valence-corrected chi connectivity index (χ1v) is 10.0. The largest absolute Gasteiger partial charge is 0.371 e. The Morgan fingerprint density at radius 2 is 1.93 bits per heavy atom. The number of amides is 1. The molecule has 4 rings (SSSR count). The van der Waals surface area contributed by atoms with Crippen molar-refractivity contribution in [3.05, 3.63) is 53.7 Å². The molecule has 1 saturated heterocycles. The van der Waals surface area contributed by atoms with Gasteiger partial charge in [0.2, 0.25) is 5.91 Å². The Labute approximate surface area is 165 Å². The van der Waals surface area contributed by atoms with Crippen LogP contribution >= 0.6 is 0 Å². The lowest BCUT2D eigenvalue weighted by Gasteiger charge is -2.38. The van der Waals surface area contributed by atoms with Crippen molar-refractivity contribution in [2.45, 2.75) is 44.7 Å². The van der Waals surface area contributed by atoms with E-state index in [0.29, 0.717) is 44.1 Å². The predicted octanol–water partition coefficient (Wildman–Crippen LogP) is 4.10. The molecular weight excluding hydrogens is 355 g/mol. The van der Waals surface area contributed by atoms with Crippen molar-refractivity contribution in [2.24, 2.45) is 5.92 Å². The standard InChI is InChI=1S/C22H27FN4O/c1-16-19(9-12-24-21(16)26-25-20(28)15-17-7-8-17)27-13-10-22(23,11-14-27)18-5-3-2-4-6-18/h2-6,9,12,17H,7-8,10-11,13-15H2,1H3,(H,24,26)(H,25,28). The maximum absolute atomic E-state index is 15.4. The minimum absolute atomic E-state index is 0.00264. The van der Waals surface area contributed by atoms with Crippen LogP contribution in [-0.4, -0.2) is 24.0 Å². The fraction of sp³-hybridized carbons (Fsp3) is 0.455. The molecule has 6 heteroatoms. The van der Waals surface area contributed by atoms with Gasteiger partial charge in [-0.05, 0) is 37.3 Å². The number of nitrogens with zero attached hydrogens (tertiary/aromatic N) is 2. The van der Waals surface area contributed by atoms with E-state index in [0.717, 1.165) is 29.7 Å². The van der Waals surface area contributed by atoms with Crippen LogP contribution in [-0.2, 0) is 10.5 Å². The fourth-order valence-corrected chi connectivity index (χ4v) is 3.89. The van der Waals surface area contributed by atoms with Gasteiger partial charge < -0.3 is 4.90 Å². The Balaban J connectivity index is 1.40. The summed E-state index contributed by atoms with van der Waals surface area (Å²) >= 11 is 0. The summed E-state index contributed by atoms with van der Waals surface area (Å²) in [5.41, 5.74) is 7.19. The molecule has 2 aromatic rings. The summed E-state index contributed by atoms with van der Waals surface area (Å²) in [4.78, 5) is 18.5. The lowest BCUT2D eigenvalue weighted by atomic mass is 9.86. The van der Waals surface area contributed by atoms with Gasteiger partial charge in [-0.2, -0.15) is 0 Å². The van der Waals surface area contributed by atoms with Crippen molar-refractivity contribution in [3.63, 3.8) is 0 Å². The van der Waals surface area contributed by atoms with Crippen molar-refractivity contribution >= 4 is 17.4 Å². The lowest BCUT2D eigenvalue weighted by molar-refractivity contribution is -0.120. The number of alkyl halides is 1. The Morgan fingerprint density at radius 1 is 1.21 bits per heavy atom. The average molecular weight is 382 g/mol. The molecule has 1 amide bonds. The number of aromatic nitrogens is 1. The molecule has 0 radical (unpaired) electrons. The number of anilines is 2. The third kappa shape index (κ3) is 4.11. The number of hydrogen-bond donors (Lipinski definition) is 2. The molecule has 1 saturated carbocycles.